The fourth-order valence-electron chi connectivity index (χ4n) is 2.46. The van der Waals surface area contributed by atoms with Gasteiger partial charge in [-0.05, 0) is 31.0 Å². The molecular weight excluding hydrogens is 206 g/mol. The first-order valence-corrected chi connectivity index (χ1v) is 6.06. The van der Waals surface area contributed by atoms with Crippen LogP contribution in [0.2, 0.25) is 0 Å². The summed E-state index contributed by atoms with van der Waals surface area (Å²) in [6, 6.07) is 18.0. The SMILES string of the molecule is [2H][C@@]1(c2ccccc2)[C@H](C)N1c1ccccc1C. The van der Waals surface area contributed by atoms with Crippen LogP contribution >= 0.6 is 0 Å². The van der Waals surface area contributed by atoms with E-state index in [0.717, 1.165) is 5.56 Å². The predicted molar refractivity (Wildman–Crippen MR) is 72.3 cm³/mol. The molecule has 0 unspecified atom stereocenters. The summed E-state index contributed by atoms with van der Waals surface area (Å²) in [7, 11) is 0. The van der Waals surface area contributed by atoms with Gasteiger partial charge in [-0.3, -0.25) is 0 Å². The van der Waals surface area contributed by atoms with Gasteiger partial charge in [0.2, 0.25) is 0 Å². The summed E-state index contributed by atoms with van der Waals surface area (Å²) in [4.78, 5) is 2.18. The zero-order valence-electron chi connectivity index (χ0n) is 11.2. The second-order valence-electron chi connectivity index (χ2n) is 4.58. The van der Waals surface area contributed by atoms with Crippen molar-refractivity contribution in [1.29, 1.82) is 0 Å². The van der Waals surface area contributed by atoms with Crippen LogP contribution in [0.25, 0.3) is 0 Å². The lowest BCUT2D eigenvalue weighted by Gasteiger charge is -2.09. The van der Waals surface area contributed by atoms with Gasteiger partial charge >= 0.3 is 0 Å². The highest BCUT2D eigenvalue weighted by Gasteiger charge is 2.45. The monoisotopic (exact) mass is 224 g/mol. The molecule has 0 aromatic heterocycles. The van der Waals surface area contributed by atoms with Crippen molar-refractivity contribution in [2.24, 2.45) is 0 Å². The second-order valence-corrected chi connectivity index (χ2v) is 4.58. The van der Waals surface area contributed by atoms with E-state index in [1.807, 2.05) is 42.5 Å². The molecule has 0 radical (unpaired) electrons. The van der Waals surface area contributed by atoms with Crippen molar-refractivity contribution < 1.29 is 1.37 Å². The van der Waals surface area contributed by atoms with Crippen molar-refractivity contribution in [3.63, 3.8) is 0 Å². The Kier molecular flexibility index (Phi) is 2.14. The van der Waals surface area contributed by atoms with Crippen LogP contribution in [0.3, 0.4) is 0 Å². The van der Waals surface area contributed by atoms with E-state index in [9.17, 15) is 0 Å². The number of benzene rings is 2. The van der Waals surface area contributed by atoms with E-state index in [0.29, 0.717) is 0 Å². The zero-order chi connectivity index (χ0) is 12.8. The van der Waals surface area contributed by atoms with Gasteiger partial charge in [-0.15, -0.1) is 0 Å². The minimum absolute atomic E-state index is 0.223. The quantitative estimate of drug-likeness (QED) is 0.698. The van der Waals surface area contributed by atoms with Crippen LogP contribution in [0, 0.1) is 6.92 Å². The minimum Gasteiger partial charge on any atom is -0.357 e. The third-order valence-corrected chi connectivity index (χ3v) is 3.42. The Hall–Kier alpha value is -1.76. The van der Waals surface area contributed by atoms with Crippen LogP contribution in [0.5, 0.6) is 0 Å². The number of rotatable bonds is 2. The number of para-hydroxylation sites is 1. The molecule has 1 heterocycles. The molecule has 1 heteroatoms. The van der Waals surface area contributed by atoms with Gasteiger partial charge in [0, 0.05) is 5.69 Å². The Morgan fingerprint density at radius 1 is 1.00 bits per heavy atom. The summed E-state index contributed by atoms with van der Waals surface area (Å²) in [6.07, 6.45) is 0. The maximum atomic E-state index is 8.71. The van der Waals surface area contributed by atoms with Crippen LogP contribution in [-0.2, 0) is 0 Å². The first-order chi connectivity index (χ1) is 8.65. The molecule has 1 saturated heterocycles. The van der Waals surface area contributed by atoms with Crippen molar-refractivity contribution >= 4 is 5.69 Å². The maximum Gasteiger partial charge on any atom is 0.0747 e. The number of aryl methyl sites for hydroxylation is 1. The number of hydrogen-bond donors (Lipinski definition) is 0. The van der Waals surface area contributed by atoms with E-state index in [-0.39, 0.29) is 6.04 Å². The molecule has 1 nitrogen and oxygen atoms in total. The Morgan fingerprint density at radius 3 is 2.35 bits per heavy atom. The predicted octanol–water partition coefficient (Wildman–Crippen LogP) is 3.94. The molecule has 0 amide bonds. The lowest BCUT2D eigenvalue weighted by Crippen LogP contribution is -1.98. The van der Waals surface area contributed by atoms with Crippen molar-refractivity contribution in [3.05, 3.63) is 65.7 Å². The van der Waals surface area contributed by atoms with E-state index < -0.39 is 6.02 Å². The van der Waals surface area contributed by atoms with Crippen molar-refractivity contribution in [2.45, 2.75) is 25.9 Å². The highest BCUT2D eigenvalue weighted by molar-refractivity contribution is 5.62. The van der Waals surface area contributed by atoms with Crippen molar-refractivity contribution in [2.75, 3.05) is 4.90 Å². The summed E-state index contributed by atoms with van der Waals surface area (Å²) in [5, 5.41) is 0. The summed E-state index contributed by atoms with van der Waals surface area (Å²) in [5.74, 6) is 0. The normalized spacial score (nSPS) is 27.8. The highest BCUT2D eigenvalue weighted by Crippen LogP contribution is 2.47. The first-order valence-electron chi connectivity index (χ1n) is 6.56. The van der Waals surface area contributed by atoms with E-state index in [1.165, 1.54) is 11.3 Å². The minimum atomic E-state index is -0.604. The van der Waals surface area contributed by atoms with Gasteiger partial charge in [-0.25, -0.2) is 0 Å². The maximum absolute atomic E-state index is 8.71. The smallest absolute Gasteiger partial charge is 0.0747 e. The molecule has 0 aliphatic carbocycles. The molecule has 0 saturated carbocycles. The molecular formula is C16H17N. The van der Waals surface area contributed by atoms with Gasteiger partial charge in [-0.2, -0.15) is 0 Å². The molecule has 1 aliphatic heterocycles. The van der Waals surface area contributed by atoms with Crippen molar-refractivity contribution in [3.8, 4) is 0 Å². The van der Waals surface area contributed by atoms with Gasteiger partial charge in [0.1, 0.15) is 0 Å². The third-order valence-electron chi connectivity index (χ3n) is 3.42. The zero-order valence-corrected chi connectivity index (χ0v) is 10.2. The summed E-state index contributed by atoms with van der Waals surface area (Å²) >= 11 is 0. The largest absolute Gasteiger partial charge is 0.357 e. The van der Waals surface area contributed by atoms with E-state index in [1.54, 1.807) is 0 Å². The number of nitrogens with zero attached hydrogens (tertiary/aromatic N) is 1. The van der Waals surface area contributed by atoms with E-state index in [4.69, 9.17) is 1.37 Å². The lowest BCUT2D eigenvalue weighted by molar-refractivity contribution is 1.04. The van der Waals surface area contributed by atoms with E-state index in [2.05, 4.69) is 30.9 Å². The Morgan fingerprint density at radius 2 is 1.65 bits per heavy atom. The van der Waals surface area contributed by atoms with E-state index >= 15 is 0 Å². The number of anilines is 1. The fraction of sp³-hybridized carbons (Fsp3) is 0.250. The first kappa shape index (κ1) is 9.29. The third kappa shape index (κ3) is 1.72. The number of hydrogen-bond acceptors (Lipinski definition) is 1. The van der Waals surface area contributed by atoms with Crippen LogP contribution < -0.4 is 4.90 Å². The Labute approximate surface area is 104 Å². The van der Waals surface area contributed by atoms with Gasteiger partial charge in [-0.1, -0.05) is 48.5 Å². The molecule has 2 aromatic carbocycles. The molecule has 0 spiro atoms. The molecule has 1 fully saturated rings. The van der Waals surface area contributed by atoms with Gasteiger partial charge < -0.3 is 4.90 Å². The summed E-state index contributed by atoms with van der Waals surface area (Å²) < 4.78 is 8.71. The fourth-order valence-corrected chi connectivity index (χ4v) is 2.46. The molecule has 0 N–H and O–H groups in total. The standard InChI is InChI=1S/C16H17N/c1-12-8-6-7-11-15(12)17-13(2)16(17)14-9-4-3-5-10-14/h3-11,13,16H,1-2H3/t13-,16-,17?/m0/s1/i16D. The topological polar surface area (TPSA) is 3.01 Å². The van der Waals surface area contributed by atoms with Crippen molar-refractivity contribution in [1.82, 2.24) is 0 Å². The Bertz CT molecular complexity index is 566. The second kappa shape index (κ2) is 3.92. The van der Waals surface area contributed by atoms with Crippen LogP contribution in [0.1, 0.15) is 25.4 Å². The lowest BCUT2D eigenvalue weighted by atomic mass is 10.1. The summed E-state index contributed by atoms with van der Waals surface area (Å²) in [5.41, 5.74) is 3.47. The average Bonchev–Trinajstić information content (AvgIpc) is 2.95. The Balaban J connectivity index is 2.01. The molecule has 86 valence electrons. The van der Waals surface area contributed by atoms with Crippen LogP contribution in [0.15, 0.2) is 54.6 Å². The van der Waals surface area contributed by atoms with Gasteiger partial charge in [0.05, 0.1) is 13.4 Å². The molecule has 3 rings (SSSR count). The van der Waals surface area contributed by atoms with Gasteiger partial charge in [0.15, 0.2) is 0 Å². The average molecular weight is 224 g/mol. The molecule has 2 aromatic rings. The van der Waals surface area contributed by atoms with Gasteiger partial charge in [0.25, 0.3) is 0 Å². The van der Waals surface area contributed by atoms with Crippen LogP contribution in [0.4, 0.5) is 5.69 Å². The van der Waals surface area contributed by atoms with Crippen LogP contribution in [-0.4, -0.2) is 6.04 Å². The summed E-state index contributed by atoms with van der Waals surface area (Å²) in [6.45, 7) is 4.22. The molecule has 2 atom stereocenters. The highest BCUT2D eigenvalue weighted by atomic mass is 15.3. The molecule has 1 aliphatic rings. The molecule has 0 bridgehead atoms. The molecule has 17 heavy (non-hydrogen) atoms.